The van der Waals surface area contributed by atoms with Crippen molar-refractivity contribution in [2.75, 3.05) is 0 Å². The molecule has 1 aromatic heterocycles. The molecular weight excluding hydrogens is 272 g/mol. The third kappa shape index (κ3) is 3.34. The maximum Gasteiger partial charge on any atom is 0.224 e. The summed E-state index contributed by atoms with van der Waals surface area (Å²) in [5, 5.41) is 4.80. The van der Waals surface area contributed by atoms with Gasteiger partial charge in [-0.2, -0.15) is 0 Å². The van der Waals surface area contributed by atoms with Gasteiger partial charge in [-0.1, -0.05) is 38.4 Å². The second kappa shape index (κ2) is 5.49. The fourth-order valence-corrected chi connectivity index (χ4v) is 2.16. The molecule has 0 bridgehead atoms. The van der Waals surface area contributed by atoms with Crippen LogP contribution in [-0.4, -0.2) is 16.9 Å². The number of carbonyl (C=O) groups excluding carboxylic acids is 1. The predicted molar refractivity (Wildman–Crippen MR) is 84.1 cm³/mol. The number of aromatic nitrogens is 1. The van der Waals surface area contributed by atoms with E-state index in [-0.39, 0.29) is 17.4 Å². The normalized spacial score (nSPS) is 13.4. The Balaban J connectivity index is 2.11. The fraction of sp³-hybridized carbons (Fsp3) is 0.438. The zero-order valence-corrected chi connectivity index (χ0v) is 13.1. The van der Waals surface area contributed by atoms with Crippen LogP contribution >= 0.6 is 11.6 Å². The van der Waals surface area contributed by atoms with Crippen LogP contribution in [-0.2, 0) is 11.2 Å². The average Bonchev–Trinajstić information content (AvgIpc) is 2.70. The monoisotopic (exact) mass is 292 g/mol. The first kappa shape index (κ1) is 14.9. The third-order valence-corrected chi connectivity index (χ3v) is 3.99. The Morgan fingerprint density at radius 3 is 2.75 bits per heavy atom. The van der Waals surface area contributed by atoms with Gasteiger partial charge in [-0.15, -0.1) is 0 Å². The first-order chi connectivity index (χ1) is 9.27. The molecule has 0 saturated carbocycles. The molecule has 1 aromatic carbocycles. The Morgan fingerprint density at radius 1 is 1.40 bits per heavy atom. The highest BCUT2D eigenvalue weighted by atomic mass is 35.5. The Hall–Kier alpha value is -1.48. The molecule has 20 heavy (non-hydrogen) atoms. The first-order valence-corrected chi connectivity index (χ1v) is 7.20. The van der Waals surface area contributed by atoms with Gasteiger partial charge in [0.1, 0.15) is 0 Å². The van der Waals surface area contributed by atoms with Crippen molar-refractivity contribution in [2.24, 2.45) is 5.41 Å². The van der Waals surface area contributed by atoms with Crippen molar-refractivity contribution in [3.63, 3.8) is 0 Å². The molecule has 0 aliphatic carbocycles. The number of benzene rings is 1. The van der Waals surface area contributed by atoms with E-state index in [0.29, 0.717) is 11.4 Å². The zero-order chi connectivity index (χ0) is 14.9. The number of carbonyl (C=O) groups is 1. The van der Waals surface area contributed by atoms with E-state index in [9.17, 15) is 4.79 Å². The van der Waals surface area contributed by atoms with Gasteiger partial charge in [0, 0.05) is 28.2 Å². The molecule has 0 radical (unpaired) electrons. The van der Waals surface area contributed by atoms with Crippen LogP contribution in [0, 0.1) is 5.41 Å². The van der Waals surface area contributed by atoms with E-state index in [1.54, 1.807) is 0 Å². The molecule has 2 N–H and O–H groups in total. The highest BCUT2D eigenvalue weighted by Crippen LogP contribution is 2.23. The van der Waals surface area contributed by atoms with Gasteiger partial charge >= 0.3 is 0 Å². The van der Waals surface area contributed by atoms with E-state index in [4.69, 9.17) is 11.6 Å². The van der Waals surface area contributed by atoms with Crippen LogP contribution in [0.5, 0.6) is 0 Å². The number of hydrogen-bond donors (Lipinski definition) is 2. The summed E-state index contributed by atoms with van der Waals surface area (Å²) in [6.07, 6.45) is 2.25. The largest absolute Gasteiger partial charge is 0.361 e. The number of hydrogen-bond acceptors (Lipinski definition) is 1. The maximum absolute atomic E-state index is 12.1. The number of halogens is 1. The molecule has 0 aliphatic rings. The maximum atomic E-state index is 12.1. The fourth-order valence-electron chi connectivity index (χ4n) is 1.99. The zero-order valence-electron chi connectivity index (χ0n) is 12.4. The SMILES string of the molecule is CC(NC(=O)Cc1c[nH]c2cc(Cl)ccc12)C(C)(C)C. The predicted octanol–water partition coefficient (Wildman–Crippen LogP) is 3.91. The van der Waals surface area contributed by atoms with Gasteiger partial charge in [-0.25, -0.2) is 0 Å². The molecule has 1 atom stereocenters. The molecule has 1 amide bonds. The van der Waals surface area contributed by atoms with E-state index >= 15 is 0 Å². The molecule has 0 fully saturated rings. The number of amides is 1. The quantitative estimate of drug-likeness (QED) is 0.885. The second-order valence-electron chi connectivity index (χ2n) is 6.34. The van der Waals surface area contributed by atoms with Crippen LogP contribution in [0.2, 0.25) is 5.02 Å². The summed E-state index contributed by atoms with van der Waals surface area (Å²) >= 11 is 5.95. The summed E-state index contributed by atoms with van der Waals surface area (Å²) in [6.45, 7) is 8.38. The third-order valence-electron chi connectivity index (χ3n) is 3.76. The highest BCUT2D eigenvalue weighted by Gasteiger charge is 2.21. The molecule has 4 heteroatoms. The minimum atomic E-state index is 0.0447. The van der Waals surface area contributed by atoms with E-state index in [1.807, 2.05) is 31.3 Å². The number of rotatable bonds is 3. The molecule has 3 nitrogen and oxygen atoms in total. The van der Waals surface area contributed by atoms with Crippen molar-refractivity contribution in [3.05, 3.63) is 35.0 Å². The van der Waals surface area contributed by atoms with Crippen LogP contribution in [0.25, 0.3) is 10.9 Å². The number of aromatic amines is 1. The smallest absolute Gasteiger partial charge is 0.224 e. The summed E-state index contributed by atoms with van der Waals surface area (Å²) in [5.74, 6) is 0.0447. The minimum absolute atomic E-state index is 0.0447. The van der Waals surface area contributed by atoms with Gasteiger partial charge in [-0.3, -0.25) is 4.79 Å². The van der Waals surface area contributed by atoms with Crippen molar-refractivity contribution in [3.8, 4) is 0 Å². The minimum Gasteiger partial charge on any atom is -0.361 e. The lowest BCUT2D eigenvalue weighted by molar-refractivity contribution is -0.121. The van der Waals surface area contributed by atoms with E-state index in [0.717, 1.165) is 16.5 Å². The molecule has 2 rings (SSSR count). The van der Waals surface area contributed by atoms with Crippen LogP contribution in [0.4, 0.5) is 0 Å². The van der Waals surface area contributed by atoms with E-state index in [2.05, 4.69) is 31.1 Å². The molecule has 0 spiro atoms. The molecule has 1 unspecified atom stereocenters. The molecule has 108 valence electrons. The van der Waals surface area contributed by atoms with Gasteiger partial charge in [0.2, 0.25) is 5.91 Å². The van der Waals surface area contributed by atoms with E-state index in [1.165, 1.54) is 0 Å². The summed E-state index contributed by atoms with van der Waals surface area (Å²) in [6, 6.07) is 5.80. The average molecular weight is 293 g/mol. The Kier molecular flexibility index (Phi) is 4.09. The van der Waals surface area contributed by atoms with Gasteiger partial charge in [0.15, 0.2) is 0 Å². The topological polar surface area (TPSA) is 44.9 Å². The van der Waals surface area contributed by atoms with E-state index < -0.39 is 0 Å². The van der Waals surface area contributed by atoms with Crippen molar-refractivity contribution in [2.45, 2.75) is 40.2 Å². The second-order valence-corrected chi connectivity index (χ2v) is 6.77. The summed E-state index contributed by atoms with van der Waals surface area (Å²) < 4.78 is 0. The lowest BCUT2D eigenvalue weighted by Crippen LogP contribution is -2.42. The molecular formula is C16H21ClN2O. The van der Waals surface area contributed by atoms with Crippen LogP contribution < -0.4 is 5.32 Å². The van der Waals surface area contributed by atoms with Gasteiger partial charge in [0.25, 0.3) is 0 Å². The molecule has 1 heterocycles. The highest BCUT2D eigenvalue weighted by molar-refractivity contribution is 6.31. The standard InChI is InChI=1S/C16H21ClN2O/c1-10(16(2,3)4)19-15(20)7-11-9-18-14-8-12(17)5-6-13(11)14/h5-6,8-10,18H,7H2,1-4H3,(H,19,20). The van der Waals surface area contributed by atoms with Gasteiger partial charge in [0.05, 0.1) is 6.42 Å². The van der Waals surface area contributed by atoms with Crippen molar-refractivity contribution >= 4 is 28.4 Å². The lowest BCUT2D eigenvalue weighted by Gasteiger charge is -2.28. The van der Waals surface area contributed by atoms with Crippen LogP contribution in [0.3, 0.4) is 0 Å². The number of H-pyrrole nitrogens is 1. The van der Waals surface area contributed by atoms with Gasteiger partial charge in [-0.05, 0) is 30.0 Å². The molecule has 0 saturated heterocycles. The van der Waals surface area contributed by atoms with Crippen molar-refractivity contribution < 1.29 is 4.79 Å². The molecule has 0 aliphatic heterocycles. The van der Waals surface area contributed by atoms with Crippen molar-refractivity contribution in [1.29, 1.82) is 0 Å². The summed E-state index contributed by atoms with van der Waals surface area (Å²) in [7, 11) is 0. The summed E-state index contributed by atoms with van der Waals surface area (Å²) in [4.78, 5) is 15.3. The van der Waals surface area contributed by atoms with Crippen LogP contribution in [0.15, 0.2) is 24.4 Å². The number of fused-ring (bicyclic) bond motifs is 1. The van der Waals surface area contributed by atoms with Gasteiger partial charge < -0.3 is 10.3 Å². The number of nitrogens with one attached hydrogen (secondary N) is 2. The first-order valence-electron chi connectivity index (χ1n) is 6.82. The Morgan fingerprint density at radius 2 is 2.10 bits per heavy atom. The summed E-state index contributed by atoms with van der Waals surface area (Å²) in [5.41, 5.74) is 2.02. The molecule has 2 aromatic rings. The van der Waals surface area contributed by atoms with Crippen molar-refractivity contribution in [1.82, 2.24) is 10.3 Å². The Bertz CT molecular complexity index is 625. The van der Waals surface area contributed by atoms with Crippen LogP contribution in [0.1, 0.15) is 33.3 Å². The lowest BCUT2D eigenvalue weighted by atomic mass is 9.88. The Labute approximate surface area is 124 Å².